The SMILES string of the molecule is CCCn1c(=O)sc2cc(S(=O)(=O)NC(C)CC)ccc21. The number of aromatic nitrogens is 1. The van der Waals surface area contributed by atoms with Crippen LogP contribution in [-0.4, -0.2) is 19.0 Å². The first kappa shape index (κ1) is 16.2. The molecule has 7 heteroatoms. The molecule has 1 aromatic heterocycles. The lowest BCUT2D eigenvalue weighted by Gasteiger charge is -2.12. The number of nitrogens with one attached hydrogen (secondary N) is 1. The van der Waals surface area contributed by atoms with Gasteiger partial charge in [0.2, 0.25) is 10.0 Å². The van der Waals surface area contributed by atoms with Crippen molar-refractivity contribution in [2.75, 3.05) is 0 Å². The van der Waals surface area contributed by atoms with Gasteiger partial charge in [0.05, 0.1) is 15.1 Å². The van der Waals surface area contributed by atoms with Gasteiger partial charge in [-0.1, -0.05) is 25.2 Å². The highest BCUT2D eigenvalue weighted by atomic mass is 32.2. The highest BCUT2D eigenvalue weighted by molar-refractivity contribution is 7.89. The van der Waals surface area contributed by atoms with Gasteiger partial charge in [0, 0.05) is 12.6 Å². The van der Waals surface area contributed by atoms with Crippen LogP contribution < -0.4 is 9.60 Å². The van der Waals surface area contributed by atoms with Gasteiger partial charge in [-0.15, -0.1) is 0 Å². The molecule has 0 spiro atoms. The van der Waals surface area contributed by atoms with Crippen molar-refractivity contribution in [3.8, 4) is 0 Å². The van der Waals surface area contributed by atoms with Gasteiger partial charge in [0.15, 0.2) is 0 Å². The summed E-state index contributed by atoms with van der Waals surface area (Å²) in [6, 6.07) is 4.74. The zero-order chi connectivity index (χ0) is 15.6. The highest BCUT2D eigenvalue weighted by Gasteiger charge is 2.18. The molecule has 0 radical (unpaired) electrons. The number of hydrogen-bond acceptors (Lipinski definition) is 4. The third-order valence-corrected chi connectivity index (χ3v) is 5.90. The molecule has 0 amide bonds. The average Bonchev–Trinajstić information content (AvgIpc) is 2.74. The Morgan fingerprint density at radius 3 is 2.67 bits per heavy atom. The summed E-state index contributed by atoms with van der Waals surface area (Å²) in [7, 11) is -3.53. The minimum Gasteiger partial charge on any atom is -0.299 e. The van der Waals surface area contributed by atoms with Crippen LogP contribution in [0.2, 0.25) is 0 Å². The van der Waals surface area contributed by atoms with Crippen LogP contribution in [0.25, 0.3) is 10.2 Å². The third kappa shape index (κ3) is 3.36. The summed E-state index contributed by atoms with van der Waals surface area (Å²) < 4.78 is 29.6. The summed E-state index contributed by atoms with van der Waals surface area (Å²) >= 11 is 1.09. The van der Waals surface area contributed by atoms with Crippen LogP contribution in [-0.2, 0) is 16.6 Å². The zero-order valence-electron chi connectivity index (χ0n) is 12.4. The fourth-order valence-electron chi connectivity index (χ4n) is 2.07. The molecule has 0 saturated carbocycles. The van der Waals surface area contributed by atoms with E-state index in [0.717, 1.165) is 29.7 Å². The quantitative estimate of drug-likeness (QED) is 0.886. The van der Waals surface area contributed by atoms with E-state index in [1.54, 1.807) is 22.8 Å². The molecular weight excluding hydrogens is 308 g/mol. The summed E-state index contributed by atoms with van der Waals surface area (Å²) in [5, 5.41) is 0. The monoisotopic (exact) mass is 328 g/mol. The minimum atomic E-state index is -3.53. The number of rotatable bonds is 6. The predicted octanol–water partition coefficient (Wildman–Crippen LogP) is 2.55. The maximum absolute atomic E-state index is 12.3. The lowest BCUT2D eigenvalue weighted by Crippen LogP contribution is -2.31. The van der Waals surface area contributed by atoms with Crippen LogP contribution in [0.4, 0.5) is 0 Å². The van der Waals surface area contributed by atoms with Crippen molar-refractivity contribution >= 4 is 31.6 Å². The molecule has 1 atom stereocenters. The molecule has 0 aliphatic rings. The second-order valence-electron chi connectivity index (χ2n) is 5.08. The molecular formula is C14H20N2O3S2. The van der Waals surface area contributed by atoms with Crippen molar-refractivity contribution in [2.24, 2.45) is 0 Å². The van der Waals surface area contributed by atoms with Crippen molar-refractivity contribution in [1.29, 1.82) is 0 Å². The maximum Gasteiger partial charge on any atom is 0.308 e. The van der Waals surface area contributed by atoms with Crippen molar-refractivity contribution in [3.63, 3.8) is 0 Å². The van der Waals surface area contributed by atoms with Crippen LogP contribution in [0.1, 0.15) is 33.6 Å². The number of nitrogens with zero attached hydrogens (tertiary/aromatic N) is 1. The van der Waals surface area contributed by atoms with Crippen LogP contribution in [0.3, 0.4) is 0 Å². The summed E-state index contributed by atoms with van der Waals surface area (Å²) in [4.78, 5) is 12.1. The number of sulfonamides is 1. The van der Waals surface area contributed by atoms with E-state index in [1.807, 2.05) is 20.8 Å². The van der Waals surface area contributed by atoms with Crippen LogP contribution in [0, 0.1) is 0 Å². The van der Waals surface area contributed by atoms with Crippen molar-refractivity contribution < 1.29 is 8.42 Å². The Balaban J connectivity index is 2.47. The fraction of sp³-hybridized carbons (Fsp3) is 0.500. The van der Waals surface area contributed by atoms with Gasteiger partial charge in [-0.2, -0.15) is 0 Å². The Kier molecular flexibility index (Phi) is 4.85. The standard InChI is InChI=1S/C14H20N2O3S2/c1-4-8-16-12-7-6-11(9-13(12)20-14(16)17)21(18,19)15-10(3)5-2/h6-7,9-10,15H,4-5,8H2,1-3H3. The molecule has 0 bridgehead atoms. The van der Waals surface area contributed by atoms with Gasteiger partial charge in [0.1, 0.15) is 0 Å². The van der Waals surface area contributed by atoms with Crippen molar-refractivity contribution in [1.82, 2.24) is 9.29 Å². The van der Waals surface area contributed by atoms with E-state index in [-0.39, 0.29) is 15.8 Å². The zero-order valence-corrected chi connectivity index (χ0v) is 14.1. The largest absolute Gasteiger partial charge is 0.308 e. The Morgan fingerprint density at radius 1 is 1.33 bits per heavy atom. The molecule has 1 aromatic carbocycles. The van der Waals surface area contributed by atoms with E-state index >= 15 is 0 Å². The third-order valence-electron chi connectivity index (χ3n) is 3.37. The lowest BCUT2D eigenvalue weighted by atomic mass is 10.3. The molecule has 0 fully saturated rings. The molecule has 0 saturated heterocycles. The van der Waals surface area contributed by atoms with Crippen molar-refractivity contribution in [2.45, 2.75) is 51.1 Å². The number of benzene rings is 1. The normalized spacial score (nSPS) is 13.7. The molecule has 0 aliphatic heterocycles. The van der Waals surface area contributed by atoms with Gasteiger partial charge in [-0.05, 0) is 38.0 Å². The molecule has 1 heterocycles. The summed E-state index contributed by atoms with van der Waals surface area (Å²) in [6.07, 6.45) is 1.59. The minimum absolute atomic E-state index is 0.0451. The van der Waals surface area contributed by atoms with Crippen molar-refractivity contribution in [3.05, 3.63) is 27.9 Å². The van der Waals surface area contributed by atoms with Gasteiger partial charge in [-0.3, -0.25) is 9.36 Å². The Bertz CT molecular complexity index is 790. The molecule has 5 nitrogen and oxygen atoms in total. The Morgan fingerprint density at radius 2 is 2.05 bits per heavy atom. The molecule has 2 rings (SSSR count). The molecule has 1 N–H and O–H groups in total. The van der Waals surface area contributed by atoms with Gasteiger partial charge < -0.3 is 0 Å². The van der Waals surface area contributed by atoms with E-state index in [0.29, 0.717) is 11.2 Å². The van der Waals surface area contributed by atoms with Gasteiger partial charge in [-0.25, -0.2) is 13.1 Å². The second kappa shape index (κ2) is 6.29. The molecule has 0 aliphatic carbocycles. The molecule has 2 aromatic rings. The highest BCUT2D eigenvalue weighted by Crippen LogP contribution is 2.22. The number of aryl methyl sites for hydroxylation is 1. The van der Waals surface area contributed by atoms with Gasteiger partial charge >= 0.3 is 4.87 Å². The van der Waals surface area contributed by atoms with Gasteiger partial charge in [0.25, 0.3) is 0 Å². The molecule has 21 heavy (non-hydrogen) atoms. The van der Waals surface area contributed by atoms with Crippen LogP contribution >= 0.6 is 11.3 Å². The Hall–Kier alpha value is -1.18. The molecule has 1 unspecified atom stereocenters. The number of fused-ring (bicyclic) bond motifs is 1. The Labute approximate surface area is 128 Å². The van der Waals surface area contributed by atoms with Crippen LogP contribution in [0.15, 0.2) is 27.9 Å². The lowest BCUT2D eigenvalue weighted by molar-refractivity contribution is 0.556. The average molecular weight is 328 g/mol. The van der Waals surface area contributed by atoms with E-state index in [2.05, 4.69) is 4.72 Å². The van der Waals surface area contributed by atoms with Crippen LogP contribution in [0.5, 0.6) is 0 Å². The first-order valence-corrected chi connectivity index (χ1v) is 9.34. The number of thiazole rings is 1. The van der Waals surface area contributed by atoms with E-state index in [1.165, 1.54) is 0 Å². The number of hydrogen-bond donors (Lipinski definition) is 1. The van der Waals surface area contributed by atoms with E-state index in [4.69, 9.17) is 0 Å². The summed E-state index contributed by atoms with van der Waals surface area (Å²) in [6.45, 7) is 6.40. The summed E-state index contributed by atoms with van der Waals surface area (Å²) in [5.41, 5.74) is 0.800. The fourth-order valence-corrected chi connectivity index (χ4v) is 4.45. The molecule has 116 valence electrons. The second-order valence-corrected chi connectivity index (χ2v) is 7.79. The summed E-state index contributed by atoms with van der Waals surface area (Å²) in [5.74, 6) is 0. The topological polar surface area (TPSA) is 68.2 Å². The first-order valence-electron chi connectivity index (χ1n) is 7.04. The maximum atomic E-state index is 12.3. The predicted molar refractivity (Wildman–Crippen MR) is 86.5 cm³/mol. The smallest absolute Gasteiger partial charge is 0.299 e. The van der Waals surface area contributed by atoms with E-state index < -0.39 is 10.0 Å². The van der Waals surface area contributed by atoms with E-state index in [9.17, 15) is 13.2 Å². The first-order chi connectivity index (χ1) is 9.89.